The first-order valence-corrected chi connectivity index (χ1v) is 7.64. The van der Waals surface area contributed by atoms with Crippen molar-refractivity contribution >= 4 is 21.9 Å². The normalized spacial score (nSPS) is 10.1. The first-order chi connectivity index (χ1) is 10.7. The Morgan fingerprint density at radius 1 is 1.05 bits per heavy atom. The van der Waals surface area contributed by atoms with Gasteiger partial charge in [0.25, 0.3) is 0 Å². The number of ether oxygens (including phenoxy) is 3. The third-order valence-electron chi connectivity index (χ3n) is 2.96. The SMILES string of the molecule is COc1ccccc1CC(=O)OCCOc1ccc(Br)cc1. The first kappa shape index (κ1) is 16.4. The molecule has 0 fully saturated rings. The molecule has 4 nitrogen and oxygen atoms in total. The third kappa shape index (κ3) is 5.07. The van der Waals surface area contributed by atoms with E-state index >= 15 is 0 Å². The van der Waals surface area contributed by atoms with Gasteiger partial charge in [0, 0.05) is 10.0 Å². The van der Waals surface area contributed by atoms with Gasteiger partial charge in [-0.2, -0.15) is 0 Å². The number of para-hydroxylation sites is 1. The molecule has 0 atom stereocenters. The van der Waals surface area contributed by atoms with E-state index < -0.39 is 0 Å². The smallest absolute Gasteiger partial charge is 0.310 e. The molecule has 0 heterocycles. The van der Waals surface area contributed by atoms with Crippen LogP contribution < -0.4 is 9.47 Å². The van der Waals surface area contributed by atoms with Gasteiger partial charge in [0.05, 0.1) is 13.5 Å². The highest BCUT2D eigenvalue weighted by Crippen LogP contribution is 2.18. The third-order valence-corrected chi connectivity index (χ3v) is 3.48. The lowest BCUT2D eigenvalue weighted by Crippen LogP contribution is -2.14. The van der Waals surface area contributed by atoms with E-state index in [-0.39, 0.29) is 19.0 Å². The molecule has 0 unspecified atom stereocenters. The molecule has 0 aliphatic heterocycles. The lowest BCUT2D eigenvalue weighted by molar-refractivity contribution is -0.143. The number of halogens is 1. The van der Waals surface area contributed by atoms with Crippen molar-refractivity contribution in [1.29, 1.82) is 0 Å². The van der Waals surface area contributed by atoms with Crippen molar-refractivity contribution in [2.75, 3.05) is 20.3 Å². The molecule has 2 aromatic rings. The van der Waals surface area contributed by atoms with Crippen LogP contribution in [-0.2, 0) is 16.0 Å². The Balaban J connectivity index is 1.72. The summed E-state index contributed by atoms with van der Waals surface area (Å²) in [6, 6.07) is 14.9. The molecule has 0 saturated carbocycles. The number of benzene rings is 2. The number of hydrogen-bond donors (Lipinski definition) is 0. The van der Waals surface area contributed by atoms with E-state index in [0.717, 1.165) is 15.8 Å². The first-order valence-electron chi connectivity index (χ1n) is 6.85. The minimum absolute atomic E-state index is 0.183. The number of rotatable bonds is 7. The molecule has 2 aromatic carbocycles. The van der Waals surface area contributed by atoms with Gasteiger partial charge < -0.3 is 14.2 Å². The topological polar surface area (TPSA) is 44.8 Å². The number of methoxy groups -OCH3 is 1. The van der Waals surface area contributed by atoms with Gasteiger partial charge in [-0.25, -0.2) is 0 Å². The highest BCUT2D eigenvalue weighted by molar-refractivity contribution is 9.10. The Hall–Kier alpha value is -2.01. The van der Waals surface area contributed by atoms with Crippen LogP contribution in [0.15, 0.2) is 53.0 Å². The van der Waals surface area contributed by atoms with Crippen molar-refractivity contribution in [3.05, 3.63) is 58.6 Å². The van der Waals surface area contributed by atoms with Crippen LogP contribution in [0.1, 0.15) is 5.56 Å². The fourth-order valence-electron chi connectivity index (χ4n) is 1.90. The van der Waals surface area contributed by atoms with Gasteiger partial charge in [-0.1, -0.05) is 34.1 Å². The van der Waals surface area contributed by atoms with Crippen LogP contribution in [0.3, 0.4) is 0 Å². The van der Waals surface area contributed by atoms with Gasteiger partial charge >= 0.3 is 5.97 Å². The van der Waals surface area contributed by atoms with Crippen molar-refractivity contribution in [2.45, 2.75) is 6.42 Å². The van der Waals surface area contributed by atoms with Crippen LogP contribution in [0.25, 0.3) is 0 Å². The zero-order valence-electron chi connectivity index (χ0n) is 12.3. The number of carbonyl (C=O) groups is 1. The maximum atomic E-state index is 11.8. The van der Waals surface area contributed by atoms with Crippen LogP contribution in [0.4, 0.5) is 0 Å². The minimum atomic E-state index is -0.302. The number of esters is 1. The van der Waals surface area contributed by atoms with Crippen LogP contribution in [0.2, 0.25) is 0 Å². The Morgan fingerprint density at radius 3 is 2.50 bits per heavy atom. The quantitative estimate of drug-likeness (QED) is 0.555. The molecule has 0 amide bonds. The summed E-state index contributed by atoms with van der Waals surface area (Å²) in [4.78, 5) is 11.8. The summed E-state index contributed by atoms with van der Waals surface area (Å²) >= 11 is 3.35. The zero-order chi connectivity index (χ0) is 15.8. The van der Waals surface area contributed by atoms with Crippen molar-refractivity contribution in [1.82, 2.24) is 0 Å². The number of hydrogen-bond acceptors (Lipinski definition) is 4. The van der Waals surface area contributed by atoms with E-state index in [2.05, 4.69) is 15.9 Å². The fraction of sp³-hybridized carbons (Fsp3) is 0.235. The summed E-state index contributed by atoms with van der Waals surface area (Å²) in [5.41, 5.74) is 0.809. The average molecular weight is 365 g/mol. The van der Waals surface area contributed by atoms with E-state index in [1.807, 2.05) is 48.5 Å². The molecule has 116 valence electrons. The van der Waals surface area contributed by atoms with Crippen molar-refractivity contribution in [2.24, 2.45) is 0 Å². The van der Waals surface area contributed by atoms with E-state index in [4.69, 9.17) is 14.2 Å². The predicted octanol–water partition coefficient (Wildman–Crippen LogP) is 3.62. The highest BCUT2D eigenvalue weighted by atomic mass is 79.9. The molecule has 0 bridgehead atoms. The summed E-state index contributed by atoms with van der Waals surface area (Å²) in [6.45, 7) is 0.531. The summed E-state index contributed by atoms with van der Waals surface area (Å²) in [5, 5.41) is 0. The molecular weight excluding hydrogens is 348 g/mol. The van der Waals surface area contributed by atoms with Gasteiger partial charge in [0.15, 0.2) is 0 Å². The average Bonchev–Trinajstić information content (AvgIpc) is 2.54. The van der Waals surface area contributed by atoms with Gasteiger partial charge in [-0.05, 0) is 30.3 Å². The van der Waals surface area contributed by atoms with Gasteiger partial charge in [-0.15, -0.1) is 0 Å². The monoisotopic (exact) mass is 364 g/mol. The van der Waals surface area contributed by atoms with Crippen LogP contribution in [-0.4, -0.2) is 26.3 Å². The highest BCUT2D eigenvalue weighted by Gasteiger charge is 2.09. The second-order valence-electron chi connectivity index (χ2n) is 4.51. The largest absolute Gasteiger partial charge is 0.496 e. The van der Waals surface area contributed by atoms with E-state index in [1.54, 1.807) is 7.11 Å². The Bertz CT molecular complexity index is 610. The lowest BCUT2D eigenvalue weighted by Gasteiger charge is -2.09. The molecule has 0 aliphatic carbocycles. The molecule has 0 spiro atoms. The van der Waals surface area contributed by atoms with Crippen molar-refractivity contribution in [3.8, 4) is 11.5 Å². The molecule has 0 aromatic heterocycles. The Labute approximate surface area is 138 Å². The Kier molecular flexibility index (Phi) is 6.27. The molecule has 5 heteroatoms. The molecule has 0 aliphatic rings. The molecular formula is C17H17BrO4. The summed E-state index contributed by atoms with van der Waals surface area (Å²) in [7, 11) is 1.58. The summed E-state index contributed by atoms with van der Waals surface area (Å²) < 4.78 is 16.8. The minimum Gasteiger partial charge on any atom is -0.496 e. The standard InChI is InChI=1S/C17H17BrO4/c1-20-16-5-3-2-4-13(16)12-17(19)22-11-10-21-15-8-6-14(18)7-9-15/h2-9H,10-12H2,1H3. The second kappa shape index (κ2) is 8.44. The molecule has 0 saturated heterocycles. The zero-order valence-corrected chi connectivity index (χ0v) is 13.8. The molecule has 2 rings (SSSR count). The fourth-order valence-corrected chi connectivity index (χ4v) is 2.17. The van der Waals surface area contributed by atoms with Crippen LogP contribution in [0, 0.1) is 0 Å². The van der Waals surface area contributed by atoms with Crippen LogP contribution in [0.5, 0.6) is 11.5 Å². The van der Waals surface area contributed by atoms with E-state index in [9.17, 15) is 4.79 Å². The van der Waals surface area contributed by atoms with Gasteiger partial charge in [0.2, 0.25) is 0 Å². The van der Waals surface area contributed by atoms with Crippen molar-refractivity contribution < 1.29 is 19.0 Å². The van der Waals surface area contributed by atoms with Gasteiger partial charge in [0.1, 0.15) is 24.7 Å². The maximum Gasteiger partial charge on any atom is 0.310 e. The van der Waals surface area contributed by atoms with E-state index in [0.29, 0.717) is 12.4 Å². The number of carbonyl (C=O) groups excluding carboxylic acids is 1. The summed E-state index contributed by atoms with van der Waals surface area (Å²) in [6.07, 6.45) is 0.183. The second-order valence-corrected chi connectivity index (χ2v) is 5.43. The summed E-state index contributed by atoms with van der Waals surface area (Å²) in [5.74, 6) is 1.12. The maximum absolute atomic E-state index is 11.8. The Morgan fingerprint density at radius 2 is 1.77 bits per heavy atom. The van der Waals surface area contributed by atoms with E-state index in [1.165, 1.54) is 0 Å². The lowest BCUT2D eigenvalue weighted by atomic mass is 10.1. The van der Waals surface area contributed by atoms with Crippen molar-refractivity contribution in [3.63, 3.8) is 0 Å². The van der Waals surface area contributed by atoms with Crippen LogP contribution >= 0.6 is 15.9 Å². The van der Waals surface area contributed by atoms with Gasteiger partial charge in [-0.3, -0.25) is 4.79 Å². The predicted molar refractivity (Wildman–Crippen MR) is 87.3 cm³/mol. The molecule has 22 heavy (non-hydrogen) atoms. The molecule has 0 radical (unpaired) electrons. The molecule has 0 N–H and O–H groups in total.